The molecule has 1 amide bonds. The van der Waals surface area contributed by atoms with Gasteiger partial charge in [-0.05, 0) is 31.0 Å². The van der Waals surface area contributed by atoms with E-state index in [4.69, 9.17) is 15.4 Å². The van der Waals surface area contributed by atoms with Gasteiger partial charge >= 0.3 is 0 Å². The number of ether oxygens (including phenoxy) is 1. The zero-order valence-corrected chi connectivity index (χ0v) is 12.4. The lowest BCUT2D eigenvalue weighted by molar-refractivity contribution is 0.0947. The number of unbranched alkanes of at least 4 members (excludes halogenated alkanes) is 1. The van der Waals surface area contributed by atoms with E-state index in [1.54, 1.807) is 7.11 Å². The Bertz CT molecular complexity index is 577. The first-order valence-electron chi connectivity index (χ1n) is 5.87. The van der Waals surface area contributed by atoms with Crippen molar-refractivity contribution in [3.63, 3.8) is 0 Å². The molecule has 5 nitrogen and oxygen atoms in total. The maximum atomic E-state index is 13.7. The van der Waals surface area contributed by atoms with Crippen LogP contribution in [0.15, 0.2) is 23.1 Å². The van der Waals surface area contributed by atoms with E-state index in [1.807, 2.05) is 0 Å². The number of benzene rings is 1. The molecular weight excluding hydrogens is 309 g/mol. The number of rotatable bonds is 7. The molecule has 0 fully saturated rings. The summed E-state index contributed by atoms with van der Waals surface area (Å²) < 4.78 is 40.6. The average Bonchev–Trinajstić information content (AvgIpc) is 2.37. The SMILES string of the molecule is COCCCCNC(=O)c1ccc(S(=O)(=O)Cl)cc1F. The Morgan fingerprint density at radius 3 is 2.65 bits per heavy atom. The number of carbonyl (C=O) groups excluding carboxylic acids is 1. The first kappa shape index (κ1) is 16.9. The number of nitrogens with one attached hydrogen (secondary N) is 1. The monoisotopic (exact) mass is 323 g/mol. The van der Waals surface area contributed by atoms with E-state index in [9.17, 15) is 17.6 Å². The van der Waals surface area contributed by atoms with Gasteiger partial charge in [-0.3, -0.25) is 4.79 Å². The van der Waals surface area contributed by atoms with Gasteiger partial charge in [0, 0.05) is 30.9 Å². The molecular formula is C12H15ClFNO4S. The van der Waals surface area contributed by atoms with Crippen LogP contribution in [0.5, 0.6) is 0 Å². The van der Waals surface area contributed by atoms with Gasteiger partial charge < -0.3 is 10.1 Å². The van der Waals surface area contributed by atoms with Crippen molar-refractivity contribution in [2.24, 2.45) is 0 Å². The number of halogens is 2. The summed E-state index contributed by atoms with van der Waals surface area (Å²) in [5.41, 5.74) is -0.221. The Labute approximate surface area is 121 Å². The summed E-state index contributed by atoms with van der Waals surface area (Å²) in [7, 11) is 2.66. The molecule has 0 saturated carbocycles. The molecule has 1 N–H and O–H groups in total. The molecule has 20 heavy (non-hydrogen) atoms. The van der Waals surface area contributed by atoms with Crippen LogP contribution < -0.4 is 5.32 Å². The molecule has 0 bridgehead atoms. The topological polar surface area (TPSA) is 72.5 Å². The predicted molar refractivity (Wildman–Crippen MR) is 72.9 cm³/mol. The van der Waals surface area contributed by atoms with Crippen LogP contribution in [0.4, 0.5) is 4.39 Å². The highest BCUT2D eigenvalue weighted by molar-refractivity contribution is 8.13. The maximum Gasteiger partial charge on any atom is 0.261 e. The third-order valence-electron chi connectivity index (χ3n) is 2.53. The van der Waals surface area contributed by atoms with Crippen LogP contribution in [0.3, 0.4) is 0 Å². The van der Waals surface area contributed by atoms with Gasteiger partial charge in [-0.2, -0.15) is 0 Å². The van der Waals surface area contributed by atoms with Gasteiger partial charge in [-0.15, -0.1) is 0 Å². The first-order chi connectivity index (χ1) is 9.36. The third-order valence-corrected chi connectivity index (χ3v) is 3.88. The molecule has 0 saturated heterocycles. The van der Waals surface area contributed by atoms with Crippen LogP contribution in [0.2, 0.25) is 0 Å². The molecule has 1 aromatic rings. The van der Waals surface area contributed by atoms with Crippen LogP contribution in [0.1, 0.15) is 23.2 Å². The molecule has 112 valence electrons. The molecule has 0 heterocycles. The van der Waals surface area contributed by atoms with Crippen LogP contribution in [-0.2, 0) is 13.8 Å². The normalized spacial score (nSPS) is 11.3. The third kappa shape index (κ3) is 5.07. The van der Waals surface area contributed by atoms with Gasteiger partial charge in [-0.25, -0.2) is 12.8 Å². The quantitative estimate of drug-likeness (QED) is 0.614. The van der Waals surface area contributed by atoms with Crippen LogP contribution in [0.25, 0.3) is 0 Å². The average molecular weight is 324 g/mol. The summed E-state index contributed by atoms with van der Waals surface area (Å²) in [4.78, 5) is 11.3. The summed E-state index contributed by atoms with van der Waals surface area (Å²) in [6.07, 6.45) is 1.48. The van der Waals surface area contributed by atoms with Gasteiger partial charge in [0.1, 0.15) is 5.82 Å². The number of hydrogen-bond acceptors (Lipinski definition) is 4. The number of amides is 1. The number of hydrogen-bond donors (Lipinski definition) is 1. The van der Waals surface area contributed by atoms with Crippen LogP contribution in [-0.4, -0.2) is 34.6 Å². The van der Waals surface area contributed by atoms with Crippen molar-refractivity contribution >= 4 is 25.6 Å². The summed E-state index contributed by atoms with van der Waals surface area (Å²) >= 11 is 0. The van der Waals surface area contributed by atoms with E-state index in [0.29, 0.717) is 19.6 Å². The molecule has 0 aliphatic rings. The van der Waals surface area contributed by atoms with Crippen molar-refractivity contribution in [3.05, 3.63) is 29.6 Å². The van der Waals surface area contributed by atoms with Gasteiger partial charge in [0.05, 0.1) is 10.5 Å². The van der Waals surface area contributed by atoms with Crippen LogP contribution in [0, 0.1) is 5.82 Å². The predicted octanol–water partition coefficient (Wildman–Crippen LogP) is 1.91. The van der Waals surface area contributed by atoms with E-state index in [1.165, 1.54) is 0 Å². The first-order valence-corrected chi connectivity index (χ1v) is 8.18. The van der Waals surface area contributed by atoms with E-state index in [0.717, 1.165) is 24.6 Å². The van der Waals surface area contributed by atoms with Crippen molar-refractivity contribution in [1.29, 1.82) is 0 Å². The standard InChI is InChI=1S/C12H15ClFNO4S/c1-19-7-3-2-6-15-12(16)10-5-4-9(8-11(10)14)20(13,17)18/h4-5,8H,2-3,6-7H2,1H3,(H,15,16). The molecule has 0 spiro atoms. The molecule has 0 radical (unpaired) electrons. The van der Waals surface area contributed by atoms with Gasteiger partial charge in [0.15, 0.2) is 0 Å². The summed E-state index contributed by atoms with van der Waals surface area (Å²) in [6.45, 7) is 0.976. The zero-order valence-electron chi connectivity index (χ0n) is 10.9. The molecule has 0 unspecified atom stereocenters. The fourth-order valence-electron chi connectivity index (χ4n) is 1.50. The lowest BCUT2D eigenvalue weighted by atomic mass is 10.2. The van der Waals surface area contributed by atoms with Gasteiger partial charge in [0.25, 0.3) is 15.0 Å². The minimum absolute atomic E-state index is 0.221. The second-order valence-corrected chi connectivity index (χ2v) is 6.60. The molecule has 0 aromatic heterocycles. The Hall–Kier alpha value is -1.18. The molecule has 1 rings (SSSR count). The zero-order chi connectivity index (χ0) is 15.2. The summed E-state index contributed by atoms with van der Waals surface area (Å²) in [5.74, 6) is -1.53. The smallest absolute Gasteiger partial charge is 0.261 e. The fourth-order valence-corrected chi connectivity index (χ4v) is 2.26. The Kier molecular flexibility index (Phi) is 6.38. The minimum Gasteiger partial charge on any atom is -0.385 e. The second kappa shape index (κ2) is 7.56. The van der Waals surface area contributed by atoms with E-state index in [2.05, 4.69) is 5.32 Å². The highest BCUT2D eigenvalue weighted by Crippen LogP contribution is 2.18. The van der Waals surface area contributed by atoms with Crippen molar-refractivity contribution in [2.75, 3.05) is 20.3 Å². The molecule has 0 aliphatic heterocycles. The highest BCUT2D eigenvalue weighted by atomic mass is 35.7. The molecule has 1 aromatic carbocycles. The Balaban J connectivity index is 2.65. The lowest BCUT2D eigenvalue weighted by Crippen LogP contribution is -2.25. The Morgan fingerprint density at radius 1 is 1.40 bits per heavy atom. The molecule has 0 atom stereocenters. The second-order valence-electron chi connectivity index (χ2n) is 4.04. The van der Waals surface area contributed by atoms with E-state index in [-0.39, 0.29) is 10.5 Å². The van der Waals surface area contributed by atoms with Gasteiger partial charge in [-0.1, -0.05) is 0 Å². The van der Waals surface area contributed by atoms with E-state index >= 15 is 0 Å². The number of carbonyl (C=O) groups is 1. The largest absolute Gasteiger partial charge is 0.385 e. The lowest BCUT2D eigenvalue weighted by Gasteiger charge is -2.06. The minimum atomic E-state index is -4.01. The molecule has 0 aliphatic carbocycles. The van der Waals surface area contributed by atoms with Crippen molar-refractivity contribution in [2.45, 2.75) is 17.7 Å². The maximum absolute atomic E-state index is 13.7. The van der Waals surface area contributed by atoms with Gasteiger partial charge in [0.2, 0.25) is 0 Å². The molecule has 8 heteroatoms. The summed E-state index contributed by atoms with van der Waals surface area (Å²) in [6, 6.07) is 2.91. The van der Waals surface area contributed by atoms with Crippen molar-refractivity contribution < 1.29 is 22.3 Å². The fraction of sp³-hybridized carbons (Fsp3) is 0.417. The van der Waals surface area contributed by atoms with Crippen molar-refractivity contribution in [1.82, 2.24) is 5.32 Å². The number of methoxy groups -OCH3 is 1. The Morgan fingerprint density at radius 2 is 2.10 bits per heavy atom. The summed E-state index contributed by atoms with van der Waals surface area (Å²) in [5, 5.41) is 2.54. The highest BCUT2D eigenvalue weighted by Gasteiger charge is 2.16. The van der Waals surface area contributed by atoms with E-state index < -0.39 is 20.8 Å². The van der Waals surface area contributed by atoms with Crippen molar-refractivity contribution in [3.8, 4) is 0 Å². The van der Waals surface area contributed by atoms with Crippen LogP contribution >= 0.6 is 10.7 Å².